The van der Waals surface area contributed by atoms with Gasteiger partial charge in [-0.15, -0.1) is 10.2 Å². The lowest BCUT2D eigenvalue weighted by Crippen LogP contribution is -2.55. The fraction of sp³-hybridized carbons (Fsp3) is 0.346. The van der Waals surface area contributed by atoms with Crippen LogP contribution in [0, 0.1) is 5.95 Å². The summed E-state index contributed by atoms with van der Waals surface area (Å²) >= 11 is 6.17. The van der Waals surface area contributed by atoms with Crippen LogP contribution < -0.4 is 14.5 Å². The van der Waals surface area contributed by atoms with Crippen molar-refractivity contribution in [3.63, 3.8) is 0 Å². The molecular weight excluding hydrogens is 531 g/mol. The first-order valence-corrected chi connectivity index (χ1v) is 14.3. The third-order valence-electron chi connectivity index (χ3n) is 7.00. The molecule has 1 saturated heterocycles. The second-order valence-corrected chi connectivity index (χ2v) is 11.5. The van der Waals surface area contributed by atoms with E-state index in [1.807, 2.05) is 30.0 Å². The van der Waals surface area contributed by atoms with Gasteiger partial charge in [-0.05, 0) is 79.9 Å². The van der Waals surface area contributed by atoms with Crippen molar-refractivity contribution in [3.8, 4) is 0 Å². The van der Waals surface area contributed by atoms with Gasteiger partial charge in [-0.3, -0.25) is 9.52 Å². The summed E-state index contributed by atoms with van der Waals surface area (Å²) in [6.45, 7) is 5.23. The number of carbonyl (C=O) groups excluding carboxylic acids is 1. The number of nitrogens with zero attached hydrogens (tertiary/aromatic N) is 5. The van der Waals surface area contributed by atoms with E-state index < -0.39 is 16.0 Å². The second kappa shape index (κ2) is 10.7. The number of piperazine rings is 1. The van der Waals surface area contributed by atoms with E-state index in [0.717, 1.165) is 36.8 Å². The summed E-state index contributed by atoms with van der Waals surface area (Å²) in [6.07, 6.45) is 1.94. The summed E-state index contributed by atoms with van der Waals surface area (Å²) in [4.78, 5) is 19.6. The van der Waals surface area contributed by atoms with Crippen LogP contribution in [0.15, 0.2) is 59.5 Å². The van der Waals surface area contributed by atoms with Crippen molar-refractivity contribution >= 4 is 44.7 Å². The van der Waals surface area contributed by atoms with E-state index in [0.29, 0.717) is 31.2 Å². The zero-order valence-corrected chi connectivity index (χ0v) is 22.4. The fourth-order valence-corrected chi connectivity index (χ4v) is 6.17. The summed E-state index contributed by atoms with van der Waals surface area (Å²) in [5.41, 5.74) is 3.13. The lowest BCUT2D eigenvalue weighted by molar-refractivity contribution is -0.132. The molecule has 0 spiro atoms. The van der Waals surface area contributed by atoms with Crippen molar-refractivity contribution < 1.29 is 17.6 Å². The lowest BCUT2D eigenvalue weighted by atomic mass is 10.00. The summed E-state index contributed by atoms with van der Waals surface area (Å²) in [7, 11) is -3.90. The topological polar surface area (TPSA) is 98.7 Å². The van der Waals surface area contributed by atoms with Gasteiger partial charge >= 0.3 is 0 Å². The Hall–Kier alpha value is -3.44. The molecule has 0 aliphatic carbocycles. The summed E-state index contributed by atoms with van der Waals surface area (Å²) in [6, 6.07) is 14.3. The Balaban J connectivity index is 1.19. The van der Waals surface area contributed by atoms with E-state index in [2.05, 4.69) is 24.7 Å². The van der Waals surface area contributed by atoms with Crippen molar-refractivity contribution in [1.82, 2.24) is 15.1 Å². The maximum absolute atomic E-state index is 13.4. The van der Waals surface area contributed by atoms with Crippen molar-refractivity contribution in [2.75, 3.05) is 47.2 Å². The molecule has 38 heavy (non-hydrogen) atoms. The Labute approximate surface area is 226 Å². The highest BCUT2D eigenvalue weighted by atomic mass is 35.5. The number of rotatable bonds is 6. The predicted molar refractivity (Wildman–Crippen MR) is 145 cm³/mol. The fourth-order valence-electron chi connectivity index (χ4n) is 4.98. The van der Waals surface area contributed by atoms with Crippen molar-refractivity contribution in [2.45, 2.75) is 30.7 Å². The largest absolute Gasteiger partial charge is 0.368 e. The summed E-state index contributed by atoms with van der Waals surface area (Å²) in [5.74, 6) is -0.762. The van der Waals surface area contributed by atoms with Crippen LogP contribution in [0.1, 0.15) is 18.9 Å². The average Bonchev–Trinajstić information content (AvgIpc) is 2.93. The molecule has 0 saturated carbocycles. The number of halogens is 2. The third kappa shape index (κ3) is 5.53. The number of anilines is 3. The maximum atomic E-state index is 13.4. The molecule has 12 heteroatoms. The van der Waals surface area contributed by atoms with Crippen LogP contribution in [0.5, 0.6) is 0 Å². The van der Waals surface area contributed by atoms with Crippen LogP contribution in [0.4, 0.5) is 21.6 Å². The normalized spacial score (nSPS) is 16.7. The van der Waals surface area contributed by atoms with Gasteiger partial charge in [-0.1, -0.05) is 11.6 Å². The minimum Gasteiger partial charge on any atom is -0.368 e. The number of hydrogen-bond acceptors (Lipinski definition) is 7. The molecule has 3 heterocycles. The van der Waals surface area contributed by atoms with Crippen LogP contribution in [-0.2, 0) is 21.2 Å². The van der Waals surface area contributed by atoms with Gasteiger partial charge < -0.3 is 14.7 Å². The SMILES string of the molecule is C[C@@H](C(=O)N1CCN(c2ccc(S(=O)(=O)Nc3ccc(F)nn3)cc2)CC1)N1CCCc2cc(Cl)ccc21. The quantitative estimate of drug-likeness (QED) is 0.494. The maximum Gasteiger partial charge on any atom is 0.263 e. The standard InChI is InChI=1S/C26H28ClFN6O3S/c1-18(34-12-2-3-19-17-20(27)4-9-23(19)34)26(35)33-15-13-32(14-16-33)21-5-7-22(8-6-21)38(36,37)31-25-11-10-24(28)29-30-25/h4-11,17-18H,2-3,12-16H2,1H3,(H,30,31)/t18-/m0/s1. The Morgan fingerprint density at radius 2 is 1.74 bits per heavy atom. The van der Waals surface area contributed by atoms with Crippen LogP contribution in [-0.4, -0.2) is 68.2 Å². The molecule has 0 radical (unpaired) electrons. The van der Waals surface area contributed by atoms with Gasteiger partial charge in [0.05, 0.1) is 4.90 Å². The molecule has 0 bridgehead atoms. The number of carbonyl (C=O) groups is 1. The molecule has 2 aliphatic heterocycles. The highest BCUT2D eigenvalue weighted by Crippen LogP contribution is 2.31. The number of nitrogens with one attached hydrogen (secondary N) is 1. The molecule has 1 N–H and O–H groups in total. The molecule has 2 aliphatic rings. The lowest BCUT2D eigenvalue weighted by Gasteiger charge is -2.41. The third-order valence-corrected chi connectivity index (χ3v) is 8.60. The van der Waals surface area contributed by atoms with Gasteiger partial charge in [0.2, 0.25) is 11.9 Å². The number of fused-ring (bicyclic) bond motifs is 1. The molecule has 1 fully saturated rings. The van der Waals surface area contributed by atoms with Gasteiger partial charge in [0.1, 0.15) is 6.04 Å². The minimum atomic E-state index is -3.90. The highest BCUT2D eigenvalue weighted by Gasteiger charge is 2.31. The molecule has 0 unspecified atom stereocenters. The average molecular weight is 559 g/mol. The first kappa shape index (κ1) is 26.2. The number of hydrogen-bond donors (Lipinski definition) is 1. The summed E-state index contributed by atoms with van der Waals surface area (Å²) < 4.78 is 40.5. The van der Waals surface area contributed by atoms with E-state index in [9.17, 15) is 17.6 Å². The van der Waals surface area contributed by atoms with Gasteiger partial charge in [-0.2, -0.15) is 4.39 Å². The number of benzene rings is 2. The Morgan fingerprint density at radius 1 is 1.00 bits per heavy atom. The van der Waals surface area contributed by atoms with Crippen LogP contribution in [0.3, 0.4) is 0 Å². The van der Waals surface area contributed by atoms with Crippen molar-refractivity contribution in [1.29, 1.82) is 0 Å². The summed E-state index contributed by atoms with van der Waals surface area (Å²) in [5, 5.41) is 7.42. The molecule has 200 valence electrons. The number of amides is 1. The van der Waals surface area contributed by atoms with Gasteiger partial charge in [0.25, 0.3) is 10.0 Å². The molecule has 9 nitrogen and oxygen atoms in total. The van der Waals surface area contributed by atoms with Gasteiger partial charge in [0, 0.05) is 49.1 Å². The molecular formula is C26H28ClFN6O3S. The smallest absolute Gasteiger partial charge is 0.263 e. The molecule has 3 aromatic rings. The first-order valence-electron chi connectivity index (χ1n) is 12.4. The minimum absolute atomic E-state index is 0.0538. The predicted octanol–water partition coefficient (Wildman–Crippen LogP) is 3.56. The monoisotopic (exact) mass is 558 g/mol. The zero-order chi connectivity index (χ0) is 26.9. The van der Waals surface area contributed by atoms with E-state index in [4.69, 9.17) is 11.6 Å². The van der Waals surface area contributed by atoms with E-state index in [1.54, 1.807) is 12.1 Å². The Morgan fingerprint density at radius 3 is 2.42 bits per heavy atom. The van der Waals surface area contributed by atoms with Crippen LogP contribution >= 0.6 is 11.6 Å². The zero-order valence-electron chi connectivity index (χ0n) is 20.8. The van der Waals surface area contributed by atoms with Gasteiger partial charge in [0.15, 0.2) is 5.82 Å². The van der Waals surface area contributed by atoms with Crippen LogP contribution in [0.2, 0.25) is 5.02 Å². The molecule has 1 atom stereocenters. The van der Waals surface area contributed by atoms with E-state index in [-0.39, 0.29) is 22.7 Å². The molecule has 5 rings (SSSR count). The van der Waals surface area contributed by atoms with Crippen LogP contribution in [0.25, 0.3) is 0 Å². The highest BCUT2D eigenvalue weighted by molar-refractivity contribution is 7.92. The number of sulfonamides is 1. The number of aromatic nitrogens is 2. The first-order chi connectivity index (χ1) is 18.2. The van der Waals surface area contributed by atoms with Gasteiger partial charge in [-0.25, -0.2) is 8.42 Å². The number of aryl methyl sites for hydroxylation is 1. The van der Waals surface area contributed by atoms with E-state index >= 15 is 0 Å². The Bertz CT molecular complexity index is 1410. The molecule has 2 aromatic carbocycles. The van der Waals surface area contributed by atoms with E-state index in [1.165, 1.54) is 23.8 Å². The molecule has 1 aromatic heterocycles. The molecule has 1 amide bonds. The second-order valence-electron chi connectivity index (χ2n) is 9.40. The van der Waals surface area contributed by atoms with Crippen molar-refractivity contribution in [2.24, 2.45) is 0 Å². The van der Waals surface area contributed by atoms with Crippen molar-refractivity contribution in [3.05, 3.63) is 71.1 Å². The Kier molecular flexibility index (Phi) is 7.40.